The van der Waals surface area contributed by atoms with Gasteiger partial charge >= 0.3 is 0 Å². The van der Waals surface area contributed by atoms with Crippen LogP contribution in [0.5, 0.6) is 0 Å². The molecule has 2 aromatic heterocycles. The van der Waals surface area contributed by atoms with Crippen LogP contribution in [-0.2, 0) is 17.9 Å². The van der Waals surface area contributed by atoms with Gasteiger partial charge in [-0.15, -0.1) is 0 Å². The monoisotopic (exact) mass is 343 g/mol. The number of fused-ring (bicyclic) bond motifs is 3. The van der Waals surface area contributed by atoms with Crippen molar-refractivity contribution in [2.75, 3.05) is 6.54 Å². The van der Waals surface area contributed by atoms with E-state index < -0.39 is 0 Å². The Hall–Kier alpha value is -3.14. The molecule has 0 atom stereocenters. The van der Waals surface area contributed by atoms with Crippen LogP contribution in [-0.4, -0.2) is 26.9 Å². The number of hydrogen-bond acceptors (Lipinski definition) is 2. The van der Waals surface area contributed by atoms with Crippen molar-refractivity contribution in [1.29, 1.82) is 0 Å². The van der Waals surface area contributed by atoms with Crippen molar-refractivity contribution < 1.29 is 4.79 Å². The number of carbonyl (C=O) groups is 1. The highest BCUT2D eigenvalue weighted by Crippen LogP contribution is 2.28. The molecule has 0 N–H and O–H groups in total. The summed E-state index contributed by atoms with van der Waals surface area (Å²) in [4.78, 5) is 19.0. The highest BCUT2D eigenvalue weighted by atomic mass is 16.2. The van der Waals surface area contributed by atoms with Gasteiger partial charge in [0, 0.05) is 47.3 Å². The van der Waals surface area contributed by atoms with Gasteiger partial charge in [0.15, 0.2) is 0 Å². The fraction of sp³-hybridized carbons (Fsp3) is 0.182. The average molecular weight is 343 g/mol. The van der Waals surface area contributed by atoms with Crippen LogP contribution >= 0.6 is 0 Å². The summed E-state index contributed by atoms with van der Waals surface area (Å²) in [5.41, 5.74) is 3.29. The van der Waals surface area contributed by atoms with Crippen LogP contribution in [0.2, 0.25) is 0 Å². The lowest BCUT2D eigenvalue weighted by atomic mass is 10.2. The van der Waals surface area contributed by atoms with Gasteiger partial charge in [0.1, 0.15) is 6.54 Å². The number of para-hydroxylation sites is 2. The van der Waals surface area contributed by atoms with E-state index in [0.29, 0.717) is 19.6 Å². The van der Waals surface area contributed by atoms with Gasteiger partial charge in [-0.3, -0.25) is 9.78 Å². The molecule has 4 heteroatoms. The third-order valence-corrected chi connectivity index (χ3v) is 4.83. The second-order valence-electron chi connectivity index (χ2n) is 6.38. The fourth-order valence-corrected chi connectivity index (χ4v) is 3.49. The second kappa shape index (κ2) is 7.00. The van der Waals surface area contributed by atoms with Crippen molar-refractivity contribution in [3.8, 4) is 0 Å². The minimum atomic E-state index is 0.121. The van der Waals surface area contributed by atoms with Gasteiger partial charge < -0.3 is 9.47 Å². The zero-order valence-electron chi connectivity index (χ0n) is 14.8. The average Bonchev–Trinajstić information content (AvgIpc) is 3.01. The third-order valence-electron chi connectivity index (χ3n) is 4.83. The highest BCUT2D eigenvalue weighted by molar-refractivity contribution is 6.08. The number of rotatable bonds is 5. The lowest BCUT2D eigenvalue weighted by Crippen LogP contribution is -2.33. The number of aromatic nitrogens is 2. The zero-order chi connectivity index (χ0) is 17.9. The Bertz CT molecular complexity index is 1000. The summed E-state index contributed by atoms with van der Waals surface area (Å²) in [6.07, 6.45) is 3.53. The Morgan fingerprint density at radius 2 is 1.50 bits per heavy atom. The Labute approximate surface area is 152 Å². The topological polar surface area (TPSA) is 38.1 Å². The molecule has 1 amide bonds. The highest BCUT2D eigenvalue weighted by Gasteiger charge is 2.16. The second-order valence-corrected chi connectivity index (χ2v) is 6.38. The molecule has 0 aliphatic carbocycles. The minimum absolute atomic E-state index is 0.121. The molecule has 0 saturated carbocycles. The predicted molar refractivity (Wildman–Crippen MR) is 105 cm³/mol. The largest absolute Gasteiger partial charge is 0.337 e. The first-order valence-corrected chi connectivity index (χ1v) is 8.90. The van der Waals surface area contributed by atoms with Crippen molar-refractivity contribution >= 4 is 27.7 Å². The minimum Gasteiger partial charge on any atom is -0.337 e. The van der Waals surface area contributed by atoms with Crippen molar-refractivity contribution in [1.82, 2.24) is 14.5 Å². The molecule has 2 aromatic carbocycles. The number of carbonyl (C=O) groups excluding carboxylic acids is 1. The summed E-state index contributed by atoms with van der Waals surface area (Å²) in [5.74, 6) is 0.121. The summed E-state index contributed by atoms with van der Waals surface area (Å²) in [5, 5.41) is 2.38. The molecule has 0 spiro atoms. The number of amides is 1. The summed E-state index contributed by atoms with van der Waals surface area (Å²) >= 11 is 0. The van der Waals surface area contributed by atoms with E-state index in [1.54, 1.807) is 12.4 Å². The molecule has 2 heterocycles. The molecule has 4 nitrogen and oxygen atoms in total. The van der Waals surface area contributed by atoms with Gasteiger partial charge in [0.25, 0.3) is 0 Å². The van der Waals surface area contributed by atoms with Gasteiger partial charge in [-0.05, 0) is 36.8 Å². The summed E-state index contributed by atoms with van der Waals surface area (Å²) in [6.45, 7) is 3.64. The van der Waals surface area contributed by atoms with E-state index in [-0.39, 0.29) is 5.91 Å². The van der Waals surface area contributed by atoms with Crippen LogP contribution in [0.4, 0.5) is 0 Å². The van der Waals surface area contributed by atoms with Crippen LogP contribution in [0.3, 0.4) is 0 Å². The molecule has 130 valence electrons. The van der Waals surface area contributed by atoms with E-state index in [4.69, 9.17) is 0 Å². The number of hydrogen-bond donors (Lipinski definition) is 0. The van der Waals surface area contributed by atoms with Gasteiger partial charge in [-0.25, -0.2) is 0 Å². The van der Waals surface area contributed by atoms with E-state index in [1.807, 2.05) is 48.2 Å². The first kappa shape index (κ1) is 16.3. The van der Waals surface area contributed by atoms with Gasteiger partial charge in [0.2, 0.25) is 5.91 Å². The lowest BCUT2D eigenvalue weighted by Gasteiger charge is -2.22. The standard InChI is InChI=1S/C22H21N3O/c1-2-24(15-17-11-13-23-14-12-17)22(26)16-25-20-9-5-3-7-18(20)19-8-4-6-10-21(19)25/h3-14H,2,15-16H2,1H3. The molecular formula is C22H21N3O. The molecule has 0 bridgehead atoms. The molecule has 0 fully saturated rings. The first-order valence-electron chi connectivity index (χ1n) is 8.90. The summed E-state index contributed by atoms with van der Waals surface area (Å²) in [6, 6.07) is 20.5. The molecule has 0 aliphatic heterocycles. The van der Waals surface area contributed by atoms with E-state index >= 15 is 0 Å². The SMILES string of the molecule is CCN(Cc1ccncc1)C(=O)Cn1c2ccccc2c2ccccc21. The Morgan fingerprint density at radius 3 is 2.08 bits per heavy atom. The smallest absolute Gasteiger partial charge is 0.242 e. The quantitative estimate of drug-likeness (QED) is 0.544. The number of pyridine rings is 1. The van der Waals surface area contributed by atoms with E-state index in [1.165, 1.54) is 10.8 Å². The maximum Gasteiger partial charge on any atom is 0.242 e. The maximum absolute atomic E-state index is 13.0. The van der Waals surface area contributed by atoms with Gasteiger partial charge in [-0.2, -0.15) is 0 Å². The van der Waals surface area contributed by atoms with Crippen LogP contribution in [0.25, 0.3) is 21.8 Å². The van der Waals surface area contributed by atoms with Crippen molar-refractivity contribution in [3.63, 3.8) is 0 Å². The Morgan fingerprint density at radius 1 is 0.923 bits per heavy atom. The van der Waals surface area contributed by atoms with Crippen LogP contribution < -0.4 is 0 Å². The van der Waals surface area contributed by atoms with E-state index in [9.17, 15) is 4.79 Å². The first-order chi connectivity index (χ1) is 12.8. The molecular weight excluding hydrogens is 322 g/mol. The molecule has 0 saturated heterocycles. The van der Waals surface area contributed by atoms with Crippen LogP contribution in [0.15, 0.2) is 73.1 Å². The van der Waals surface area contributed by atoms with Gasteiger partial charge in [-0.1, -0.05) is 36.4 Å². The maximum atomic E-state index is 13.0. The Kier molecular flexibility index (Phi) is 4.40. The zero-order valence-corrected chi connectivity index (χ0v) is 14.8. The third kappa shape index (κ3) is 2.94. The number of benzene rings is 2. The van der Waals surface area contributed by atoms with Crippen molar-refractivity contribution in [3.05, 3.63) is 78.6 Å². The van der Waals surface area contributed by atoms with Gasteiger partial charge in [0.05, 0.1) is 0 Å². The fourth-order valence-electron chi connectivity index (χ4n) is 3.49. The number of nitrogens with zero attached hydrogens (tertiary/aromatic N) is 3. The normalized spacial score (nSPS) is 11.1. The Balaban J connectivity index is 1.68. The van der Waals surface area contributed by atoms with E-state index in [2.05, 4.69) is 33.8 Å². The molecule has 26 heavy (non-hydrogen) atoms. The molecule has 4 rings (SSSR count). The lowest BCUT2D eigenvalue weighted by molar-refractivity contribution is -0.132. The summed E-state index contributed by atoms with van der Waals surface area (Å²) < 4.78 is 2.13. The van der Waals surface area contributed by atoms with E-state index in [0.717, 1.165) is 16.6 Å². The summed E-state index contributed by atoms with van der Waals surface area (Å²) in [7, 11) is 0. The number of likely N-dealkylation sites (N-methyl/N-ethyl adjacent to an activating group) is 1. The van der Waals surface area contributed by atoms with Crippen molar-refractivity contribution in [2.24, 2.45) is 0 Å². The van der Waals surface area contributed by atoms with Crippen molar-refractivity contribution in [2.45, 2.75) is 20.0 Å². The molecule has 4 aromatic rings. The predicted octanol–water partition coefficient (Wildman–Crippen LogP) is 4.24. The molecule has 0 radical (unpaired) electrons. The molecule has 0 unspecified atom stereocenters. The van der Waals surface area contributed by atoms with Crippen LogP contribution in [0.1, 0.15) is 12.5 Å². The van der Waals surface area contributed by atoms with Crippen LogP contribution in [0, 0.1) is 0 Å². The molecule has 0 aliphatic rings.